The second kappa shape index (κ2) is 19.3. The van der Waals surface area contributed by atoms with Crippen molar-refractivity contribution in [3.63, 3.8) is 0 Å². The number of nitrogens with one attached hydrogen (secondary N) is 5. The first kappa shape index (κ1) is 40.8. The van der Waals surface area contributed by atoms with Crippen LogP contribution in [0, 0.1) is 46.3 Å². The molecule has 0 unspecified atom stereocenters. The highest BCUT2D eigenvalue weighted by Gasteiger charge is 2.59. The fourth-order valence-electron chi connectivity index (χ4n) is 11.1. The van der Waals surface area contributed by atoms with Crippen molar-refractivity contribution in [1.29, 1.82) is 0 Å². The van der Waals surface area contributed by atoms with Gasteiger partial charge in [0.2, 0.25) is 5.91 Å². The molecule has 3 amide bonds. The molecule has 3 saturated carbocycles. The summed E-state index contributed by atoms with van der Waals surface area (Å²) >= 11 is 0. The van der Waals surface area contributed by atoms with Gasteiger partial charge in [0.1, 0.15) is 19.3 Å². The van der Waals surface area contributed by atoms with Crippen LogP contribution in [0.5, 0.6) is 0 Å². The predicted octanol–water partition coefficient (Wildman–Crippen LogP) is 5.46. The third-order valence-electron chi connectivity index (χ3n) is 13.9. The van der Waals surface area contributed by atoms with Crippen LogP contribution >= 0.6 is 0 Å². The molecule has 296 valence electrons. The molecule has 0 radical (unpaired) electrons. The topological polar surface area (TPSA) is 133 Å². The minimum Gasteiger partial charge on any atom is -0.448 e. The van der Waals surface area contributed by atoms with Gasteiger partial charge in [0.05, 0.1) is 6.54 Å². The van der Waals surface area contributed by atoms with E-state index in [0.717, 1.165) is 80.9 Å². The smallest absolute Gasteiger partial charge is 0.407 e. The normalized spacial score (nSPS) is 33.2. The van der Waals surface area contributed by atoms with E-state index in [-0.39, 0.29) is 37.1 Å². The molecule has 11 nitrogen and oxygen atoms in total. The highest BCUT2D eigenvalue weighted by molar-refractivity contribution is 5.82. The van der Waals surface area contributed by atoms with Crippen molar-refractivity contribution in [2.45, 2.75) is 111 Å². The molecule has 4 aliphatic carbocycles. The minimum absolute atomic E-state index is 0.00462. The van der Waals surface area contributed by atoms with Crippen molar-refractivity contribution in [1.82, 2.24) is 31.5 Å². The summed E-state index contributed by atoms with van der Waals surface area (Å²) in [7, 11) is 0. The summed E-state index contributed by atoms with van der Waals surface area (Å²) < 4.78 is 11.1. The summed E-state index contributed by atoms with van der Waals surface area (Å²) in [4.78, 5) is 39.5. The Labute approximate surface area is 314 Å². The Morgan fingerprint density at radius 2 is 1.58 bits per heavy atom. The van der Waals surface area contributed by atoms with E-state index in [2.05, 4.69) is 67.3 Å². The number of alkyl carbamates (subject to hydrolysis) is 2. The third-order valence-corrected chi connectivity index (χ3v) is 13.9. The maximum absolute atomic E-state index is 12.8. The van der Waals surface area contributed by atoms with Gasteiger partial charge in [-0.2, -0.15) is 0 Å². The Balaban J connectivity index is 1.00. The molecule has 8 atom stereocenters. The Morgan fingerprint density at radius 1 is 0.865 bits per heavy atom. The second-order valence-electron chi connectivity index (χ2n) is 17.6. The molecule has 1 saturated heterocycles. The van der Waals surface area contributed by atoms with Crippen molar-refractivity contribution >= 4 is 18.1 Å². The number of carbonyl (C=O) groups excluding carboxylic acids is 3. The number of ether oxygens (including phenoxy) is 2. The average molecular weight is 729 g/mol. The van der Waals surface area contributed by atoms with Crippen molar-refractivity contribution in [2.75, 3.05) is 72.1 Å². The molecule has 5 rings (SSSR count). The zero-order valence-electron chi connectivity index (χ0n) is 33.2. The molecule has 0 aromatic carbocycles. The SMILES string of the molecule is CC(C)CCC[C@@H](C)[C@H]1CC[C@H]2[C@@H]3CC=C4C[C@@H](OC(=O)NCCOC(=O)NCC(=O)N5CCNCCNCCNCC5)CC[C@]4(C)[C@H]3CC[C@]12C. The van der Waals surface area contributed by atoms with E-state index in [4.69, 9.17) is 9.47 Å². The Hall–Kier alpha value is -2.37. The van der Waals surface area contributed by atoms with Gasteiger partial charge in [0.25, 0.3) is 0 Å². The number of fused-ring (bicyclic) bond motifs is 5. The lowest BCUT2D eigenvalue weighted by Crippen LogP contribution is -2.51. The quantitative estimate of drug-likeness (QED) is 0.140. The fourth-order valence-corrected chi connectivity index (χ4v) is 11.1. The molecule has 4 fully saturated rings. The molecular formula is C41H72N6O5. The van der Waals surface area contributed by atoms with E-state index in [1.54, 1.807) is 4.90 Å². The summed E-state index contributed by atoms with van der Waals surface area (Å²) in [6, 6.07) is 0. The molecule has 0 aromatic rings. The van der Waals surface area contributed by atoms with Crippen LogP contribution in [0.4, 0.5) is 9.59 Å². The van der Waals surface area contributed by atoms with Gasteiger partial charge in [-0.1, -0.05) is 65.5 Å². The lowest BCUT2D eigenvalue weighted by atomic mass is 9.47. The molecule has 1 heterocycles. The summed E-state index contributed by atoms with van der Waals surface area (Å²) in [6.07, 6.45) is 14.8. The van der Waals surface area contributed by atoms with Gasteiger partial charge in [0, 0.05) is 58.8 Å². The second-order valence-corrected chi connectivity index (χ2v) is 17.6. The number of hydrogen-bond acceptors (Lipinski definition) is 8. The van der Waals surface area contributed by atoms with Crippen LogP contribution in [0.2, 0.25) is 0 Å². The van der Waals surface area contributed by atoms with Gasteiger partial charge >= 0.3 is 12.2 Å². The number of nitrogens with zero attached hydrogens (tertiary/aromatic N) is 1. The summed E-state index contributed by atoms with van der Waals surface area (Å²) in [6.45, 7) is 18.4. The van der Waals surface area contributed by atoms with Gasteiger partial charge in [-0.05, 0) is 91.3 Å². The number of rotatable bonds is 11. The molecule has 0 spiro atoms. The van der Waals surface area contributed by atoms with Gasteiger partial charge in [-0.15, -0.1) is 0 Å². The van der Waals surface area contributed by atoms with E-state index in [1.807, 2.05) is 0 Å². The standard InChI is InChI=1S/C41H72N6O5/c1-29(2)7-6-8-30(3)34-11-12-35-33-10-9-31-27-32(13-15-40(31,4)36(33)14-16-41(34,35)5)52-39(50)45-23-26-51-38(49)46-28-37(48)47-24-21-43-19-17-42-18-20-44-22-25-47/h9,29-30,32-36,42-44H,6-8,10-28H2,1-5H3,(H,45,50)(H,46,49)/t30-,32+,33+,34-,35+,36+,40+,41-/m1/s1. The first-order valence-corrected chi connectivity index (χ1v) is 21.0. The molecule has 5 N–H and O–H groups in total. The molecule has 0 aromatic heterocycles. The Bertz CT molecular complexity index is 1200. The predicted molar refractivity (Wildman–Crippen MR) is 206 cm³/mol. The van der Waals surface area contributed by atoms with Crippen LogP contribution in [-0.2, 0) is 14.3 Å². The third kappa shape index (κ3) is 10.4. The van der Waals surface area contributed by atoms with Crippen LogP contribution in [0.25, 0.3) is 0 Å². The van der Waals surface area contributed by atoms with Gasteiger partial charge in [0.15, 0.2) is 0 Å². The minimum atomic E-state index is -0.679. The van der Waals surface area contributed by atoms with Crippen LogP contribution in [-0.4, -0.2) is 101 Å². The maximum atomic E-state index is 12.8. The van der Waals surface area contributed by atoms with Crippen LogP contribution < -0.4 is 26.6 Å². The Kier molecular flexibility index (Phi) is 15.1. The van der Waals surface area contributed by atoms with Gasteiger partial charge in [-0.25, -0.2) is 9.59 Å². The average Bonchev–Trinajstić information content (AvgIpc) is 3.46. The number of allylic oxidation sites excluding steroid dienone is 1. The molecule has 1 aliphatic heterocycles. The van der Waals surface area contributed by atoms with Crippen LogP contribution in [0.3, 0.4) is 0 Å². The van der Waals surface area contributed by atoms with Crippen LogP contribution in [0.1, 0.15) is 105 Å². The summed E-state index contributed by atoms with van der Waals surface area (Å²) in [5, 5.41) is 15.3. The van der Waals surface area contributed by atoms with Crippen molar-refractivity contribution in [2.24, 2.45) is 46.3 Å². The van der Waals surface area contributed by atoms with E-state index >= 15 is 0 Å². The van der Waals surface area contributed by atoms with Gasteiger partial charge in [-0.3, -0.25) is 4.79 Å². The lowest BCUT2D eigenvalue weighted by Gasteiger charge is -2.58. The molecule has 11 heteroatoms. The summed E-state index contributed by atoms with van der Waals surface area (Å²) in [5.74, 6) is 4.69. The van der Waals surface area contributed by atoms with E-state index in [0.29, 0.717) is 31.6 Å². The lowest BCUT2D eigenvalue weighted by molar-refractivity contribution is -0.130. The van der Waals surface area contributed by atoms with Crippen molar-refractivity contribution < 1.29 is 23.9 Å². The molecular weight excluding hydrogens is 656 g/mol. The van der Waals surface area contributed by atoms with Crippen LogP contribution in [0.15, 0.2) is 11.6 Å². The van der Waals surface area contributed by atoms with Gasteiger partial charge < -0.3 is 41.0 Å². The number of amides is 3. The number of hydrogen-bond donors (Lipinski definition) is 5. The molecule has 0 bridgehead atoms. The van der Waals surface area contributed by atoms with E-state index in [9.17, 15) is 14.4 Å². The maximum Gasteiger partial charge on any atom is 0.407 e. The summed E-state index contributed by atoms with van der Waals surface area (Å²) in [5.41, 5.74) is 2.20. The van der Waals surface area contributed by atoms with E-state index in [1.165, 1.54) is 56.9 Å². The molecule has 52 heavy (non-hydrogen) atoms. The fraction of sp³-hybridized carbons (Fsp3) is 0.878. The monoisotopic (exact) mass is 729 g/mol. The highest BCUT2D eigenvalue weighted by atomic mass is 16.6. The number of carbonyl (C=O) groups is 3. The van der Waals surface area contributed by atoms with Crippen molar-refractivity contribution in [3.8, 4) is 0 Å². The zero-order chi connectivity index (χ0) is 37.1. The first-order chi connectivity index (χ1) is 25.0. The first-order valence-electron chi connectivity index (χ1n) is 21.0. The zero-order valence-corrected chi connectivity index (χ0v) is 33.2. The van der Waals surface area contributed by atoms with E-state index < -0.39 is 12.2 Å². The Morgan fingerprint density at radius 3 is 2.29 bits per heavy atom. The molecule has 5 aliphatic rings. The largest absolute Gasteiger partial charge is 0.448 e. The highest BCUT2D eigenvalue weighted by Crippen LogP contribution is 2.67. The van der Waals surface area contributed by atoms with Crippen molar-refractivity contribution in [3.05, 3.63) is 11.6 Å².